The number of carbonyl (C=O) groups is 2. The van der Waals surface area contributed by atoms with Crippen LogP contribution in [0.15, 0.2) is 42.5 Å². The molecule has 0 saturated carbocycles. The highest BCUT2D eigenvalue weighted by molar-refractivity contribution is 6.33. The Kier molecular flexibility index (Phi) is 7.34. The maximum Gasteiger partial charge on any atom is 0.255 e. The molecule has 0 bridgehead atoms. The normalized spacial score (nSPS) is 14.0. The Morgan fingerprint density at radius 3 is 2.28 bits per heavy atom. The zero-order valence-corrected chi connectivity index (χ0v) is 17.3. The molecule has 0 aliphatic carbocycles. The SMILES string of the molecule is O=C(CCCOc1ccc(Cl)cc1)N1CCN(C(=O)c2ccc(F)cc2Cl)CC1. The lowest BCUT2D eigenvalue weighted by molar-refractivity contribution is -0.132. The molecule has 1 aliphatic heterocycles. The lowest BCUT2D eigenvalue weighted by atomic mass is 10.1. The fourth-order valence-corrected chi connectivity index (χ4v) is 3.47. The van der Waals surface area contributed by atoms with Crippen molar-refractivity contribution in [1.82, 2.24) is 9.80 Å². The van der Waals surface area contributed by atoms with Crippen LogP contribution in [-0.2, 0) is 4.79 Å². The molecule has 0 atom stereocenters. The predicted molar refractivity (Wildman–Crippen MR) is 110 cm³/mol. The number of amides is 2. The first-order valence-electron chi connectivity index (χ1n) is 9.34. The van der Waals surface area contributed by atoms with Crippen molar-refractivity contribution in [3.05, 3.63) is 63.9 Å². The summed E-state index contributed by atoms with van der Waals surface area (Å²) in [6.07, 6.45) is 0.983. The standard InChI is InChI=1S/C21H21Cl2FN2O3/c22-15-3-6-17(7-4-15)29-13-1-2-20(27)25-9-11-26(12-10-25)21(28)18-8-5-16(24)14-19(18)23/h3-8,14H,1-2,9-13H2. The van der Waals surface area contributed by atoms with Crippen molar-refractivity contribution < 1.29 is 18.7 Å². The molecule has 154 valence electrons. The minimum Gasteiger partial charge on any atom is -0.494 e. The number of halogens is 3. The Labute approximate surface area is 178 Å². The quantitative estimate of drug-likeness (QED) is 0.632. The number of hydrogen-bond donors (Lipinski definition) is 0. The lowest BCUT2D eigenvalue weighted by Gasteiger charge is -2.35. The zero-order valence-electron chi connectivity index (χ0n) is 15.7. The summed E-state index contributed by atoms with van der Waals surface area (Å²) in [5.41, 5.74) is 0.271. The second-order valence-corrected chi connectivity index (χ2v) is 7.55. The minimum atomic E-state index is -0.484. The van der Waals surface area contributed by atoms with Crippen LogP contribution in [0.25, 0.3) is 0 Å². The van der Waals surface area contributed by atoms with Gasteiger partial charge in [0.2, 0.25) is 5.91 Å². The third-order valence-electron chi connectivity index (χ3n) is 4.70. The highest BCUT2D eigenvalue weighted by Gasteiger charge is 2.25. The van der Waals surface area contributed by atoms with Crippen LogP contribution in [0.3, 0.4) is 0 Å². The third kappa shape index (κ3) is 5.84. The van der Waals surface area contributed by atoms with E-state index in [1.807, 2.05) is 0 Å². The second kappa shape index (κ2) is 9.94. The van der Waals surface area contributed by atoms with E-state index in [1.54, 1.807) is 34.1 Å². The highest BCUT2D eigenvalue weighted by atomic mass is 35.5. The third-order valence-corrected chi connectivity index (χ3v) is 5.26. The van der Waals surface area contributed by atoms with Crippen LogP contribution < -0.4 is 4.74 Å². The molecule has 0 aromatic heterocycles. The summed E-state index contributed by atoms with van der Waals surface area (Å²) >= 11 is 11.8. The monoisotopic (exact) mass is 438 g/mol. The number of carbonyl (C=O) groups excluding carboxylic acids is 2. The summed E-state index contributed by atoms with van der Waals surface area (Å²) in [4.78, 5) is 28.3. The van der Waals surface area contributed by atoms with E-state index in [0.717, 1.165) is 6.07 Å². The van der Waals surface area contributed by atoms with Gasteiger partial charge in [0.05, 0.1) is 17.2 Å². The molecule has 8 heteroatoms. The van der Waals surface area contributed by atoms with Gasteiger partial charge < -0.3 is 14.5 Å². The van der Waals surface area contributed by atoms with E-state index in [9.17, 15) is 14.0 Å². The summed E-state index contributed by atoms with van der Waals surface area (Å²) in [6, 6.07) is 10.8. The maximum atomic E-state index is 13.2. The van der Waals surface area contributed by atoms with E-state index in [2.05, 4.69) is 0 Å². The molecule has 3 rings (SSSR count). The topological polar surface area (TPSA) is 49.9 Å². The second-order valence-electron chi connectivity index (χ2n) is 6.70. The van der Waals surface area contributed by atoms with Gasteiger partial charge in [-0.3, -0.25) is 9.59 Å². The van der Waals surface area contributed by atoms with Crippen molar-refractivity contribution in [3.8, 4) is 5.75 Å². The van der Waals surface area contributed by atoms with Crippen LogP contribution in [0.1, 0.15) is 23.2 Å². The largest absolute Gasteiger partial charge is 0.494 e. The van der Waals surface area contributed by atoms with Gasteiger partial charge in [0, 0.05) is 37.6 Å². The van der Waals surface area contributed by atoms with Crippen LogP contribution in [0.2, 0.25) is 10.0 Å². The Morgan fingerprint density at radius 1 is 0.966 bits per heavy atom. The number of benzene rings is 2. The van der Waals surface area contributed by atoms with Gasteiger partial charge in [-0.15, -0.1) is 0 Å². The highest BCUT2D eigenvalue weighted by Crippen LogP contribution is 2.20. The molecule has 0 N–H and O–H groups in total. The lowest BCUT2D eigenvalue weighted by Crippen LogP contribution is -2.50. The van der Waals surface area contributed by atoms with Crippen molar-refractivity contribution in [1.29, 1.82) is 0 Å². The van der Waals surface area contributed by atoms with Crippen LogP contribution in [0, 0.1) is 5.82 Å². The van der Waals surface area contributed by atoms with Crippen LogP contribution in [0.4, 0.5) is 4.39 Å². The average Bonchev–Trinajstić information content (AvgIpc) is 2.72. The van der Waals surface area contributed by atoms with Crippen LogP contribution in [0.5, 0.6) is 5.75 Å². The smallest absolute Gasteiger partial charge is 0.255 e. The van der Waals surface area contributed by atoms with Crippen molar-refractivity contribution >= 4 is 35.0 Å². The Hall–Kier alpha value is -2.31. The first kappa shape index (κ1) is 21.4. The van der Waals surface area contributed by atoms with E-state index in [0.29, 0.717) is 56.4 Å². The van der Waals surface area contributed by atoms with Crippen molar-refractivity contribution in [2.75, 3.05) is 32.8 Å². The van der Waals surface area contributed by atoms with E-state index in [1.165, 1.54) is 12.1 Å². The van der Waals surface area contributed by atoms with Gasteiger partial charge in [-0.05, 0) is 48.9 Å². The molecular formula is C21H21Cl2FN2O3. The fraction of sp³-hybridized carbons (Fsp3) is 0.333. The number of ether oxygens (including phenoxy) is 1. The molecule has 2 amide bonds. The van der Waals surface area contributed by atoms with Gasteiger partial charge in [-0.1, -0.05) is 23.2 Å². The maximum absolute atomic E-state index is 13.2. The summed E-state index contributed by atoms with van der Waals surface area (Å²) in [5.74, 6) is 0.0190. The summed E-state index contributed by atoms with van der Waals surface area (Å²) in [6.45, 7) is 2.19. The molecular weight excluding hydrogens is 418 g/mol. The first-order chi connectivity index (χ1) is 13.9. The van der Waals surface area contributed by atoms with Gasteiger partial charge >= 0.3 is 0 Å². The van der Waals surface area contributed by atoms with Gasteiger partial charge in [-0.25, -0.2) is 4.39 Å². The van der Waals surface area contributed by atoms with E-state index < -0.39 is 5.82 Å². The molecule has 1 saturated heterocycles. The first-order valence-corrected chi connectivity index (χ1v) is 10.1. The molecule has 0 radical (unpaired) electrons. The molecule has 1 fully saturated rings. The average molecular weight is 439 g/mol. The van der Waals surface area contributed by atoms with Crippen molar-refractivity contribution in [3.63, 3.8) is 0 Å². The number of hydrogen-bond acceptors (Lipinski definition) is 3. The molecule has 1 aliphatic rings. The number of nitrogens with zero attached hydrogens (tertiary/aromatic N) is 2. The zero-order chi connectivity index (χ0) is 20.8. The summed E-state index contributed by atoms with van der Waals surface area (Å²) in [5, 5.41) is 0.737. The van der Waals surface area contributed by atoms with Crippen molar-refractivity contribution in [2.24, 2.45) is 0 Å². The Balaban J connectivity index is 1.41. The van der Waals surface area contributed by atoms with Gasteiger partial charge in [0.15, 0.2) is 0 Å². The molecule has 29 heavy (non-hydrogen) atoms. The van der Waals surface area contributed by atoms with Gasteiger partial charge in [-0.2, -0.15) is 0 Å². The molecule has 0 unspecified atom stereocenters. The predicted octanol–water partition coefficient (Wildman–Crippen LogP) is 4.28. The van der Waals surface area contributed by atoms with Crippen molar-refractivity contribution in [2.45, 2.75) is 12.8 Å². The van der Waals surface area contributed by atoms with Gasteiger partial charge in [0.25, 0.3) is 5.91 Å². The Bertz CT molecular complexity index is 869. The summed E-state index contributed by atoms with van der Waals surface area (Å²) < 4.78 is 18.8. The van der Waals surface area contributed by atoms with Gasteiger partial charge in [0.1, 0.15) is 11.6 Å². The minimum absolute atomic E-state index is 0.0385. The van der Waals surface area contributed by atoms with Crippen LogP contribution in [-0.4, -0.2) is 54.4 Å². The molecule has 5 nitrogen and oxygen atoms in total. The fourth-order valence-electron chi connectivity index (χ4n) is 3.09. The molecule has 2 aromatic carbocycles. The molecule has 1 heterocycles. The Morgan fingerprint density at radius 2 is 1.62 bits per heavy atom. The number of rotatable bonds is 6. The number of piperazine rings is 1. The van der Waals surface area contributed by atoms with E-state index in [4.69, 9.17) is 27.9 Å². The van der Waals surface area contributed by atoms with E-state index in [-0.39, 0.29) is 22.4 Å². The molecule has 2 aromatic rings. The molecule has 0 spiro atoms. The van der Waals surface area contributed by atoms with E-state index >= 15 is 0 Å². The van der Waals surface area contributed by atoms with Crippen LogP contribution >= 0.6 is 23.2 Å². The summed E-state index contributed by atoms with van der Waals surface area (Å²) in [7, 11) is 0.